The molecule has 0 fully saturated rings. The molecule has 0 amide bonds. The van der Waals surface area contributed by atoms with Gasteiger partial charge in [-0.05, 0) is 6.07 Å². The molecule has 0 aromatic carbocycles. The van der Waals surface area contributed by atoms with Gasteiger partial charge >= 0.3 is 12.3 Å². The van der Waals surface area contributed by atoms with Crippen LogP contribution in [0.1, 0.15) is 16.1 Å². The van der Waals surface area contributed by atoms with Crippen molar-refractivity contribution >= 4 is 11.8 Å². The van der Waals surface area contributed by atoms with Crippen molar-refractivity contribution in [2.45, 2.75) is 6.36 Å². The predicted octanol–water partition coefficient (Wildman–Crippen LogP) is 1.13. The molecule has 0 saturated carbocycles. The summed E-state index contributed by atoms with van der Waals surface area (Å²) in [5.41, 5.74) is 3.79. The fraction of sp³-hybridized carbons (Fsp3) is 0.125. The zero-order chi connectivity index (χ0) is 13.2. The molecule has 1 rings (SSSR count). The number of carboxylic acids is 1. The Morgan fingerprint density at radius 1 is 1.59 bits per heavy atom. The molecular formula is C8H4F3N3O3. The van der Waals surface area contributed by atoms with Crippen LogP contribution in [0.5, 0.6) is 5.75 Å². The quantitative estimate of drug-likeness (QED) is 0.810. The van der Waals surface area contributed by atoms with Crippen molar-refractivity contribution in [2.75, 3.05) is 5.73 Å². The fourth-order valence-electron chi connectivity index (χ4n) is 0.992. The zero-order valence-electron chi connectivity index (χ0n) is 7.95. The van der Waals surface area contributed by atoms with Gasteiger partial charge in [-0.2, -0.15) is 5.26 Å². The standard InChI is InChI=1S/C8H4F3N3O3/c9-8(10,11)17-5-4(7(15)16)1-3(2-12)14-6(5)13/h1H,(H2,13,14)(H,15,16). The van der Waals surface area contributed by atoms with Crippen molar-refractivity contribution < 1.29 is 27.8 Å². The molecule has 0 aliphatic heterocycles. The Morgan fingerprint density at radius 2 is 2.18 bits per heavy atom. The van der Waals surface area contributed by atoms with Crippen LogP contribution in [-0.4, -0.2) is 22.4 Å². The third-order valence-electron chi connectivity index (χ3n) is 1.56. The maximum absolute atomic E-state index is 12.0. The van der Waals surface area contributed by atoms with Gasteiger partial charge in [-0.15, -0.1) is 13.2 Å². The van der Waals surface area contributed by atoms with Crippen LogP contribution < -0.4 is 10.5 Å². The van der Waals surface area contributed by atoms with Gasteiger partial charge in [0.2, 0.25) is 0 Å². The molecular weight excluding hydrogens is 243 g/mol. The number of hydrogen-bond acceptors (Lipinski definition) is 5. The van der Waals surface area contributed by atoms with Gasteiger partial charge in [-0.25, -0.2) is 9.78 Å². The number of halogens is 3. The number of nitrogens with zero attached hydrogens (tertiary/aromatic N) is 2. The minimum Gasteiger partial charge on any atom is -0.478 e. The highest BCUT2D eigenvalue weighted by atomic mass is 19.4. The van der Waals surface area contributed by atoms with Crippen LogP contribution in [0.25, 0.3) is 0 Å². The van der Waals surface area contributed by atoms with Crippen LogP contribution in [-0.2, 0) is 0 Å². The lowest BCUT2D eigenvalue weighted by Gasteiger charge is -2.12. The van der Waals surface area contributed by atoms with Crippen LogP contribution >= 0.6 is 0 Å². The summed E-state index contributed by atoms with van der Waals surface area (Å²) in [5, 5.41) is 17.1. The average molecular weight is 247 g/mol. The molecule has 0 saturated heterocycles. The largest absolute Gasteiger partial charge is 0.573 e. The van der Waals surface area contributed by atoms with Gasteiger partial charge in [0.25, 0.3) is 0 Å². The SMILES string of the molecule is N#Cc1cc(C(=O)O)c(OC(F)(F)F)c(N)n1. The summed E-state index contributed by atoms with van der Waals surface area (Å²) < 4.78 is 39.4. The lowest BCUT2D eigenvalue weighted by Crippen LogP contribution is -2.20. The Morgan fingerprint density at radius 3 is 2.59 bits per heavy atom. The van der Waals surface area contributed by atoms with Crippen molar-refractivity contribution in [1.29, 1.82) is 5.26 Å². The third kappa shape index (κ3) is 2.97. The van der Waals surface area contributed by atoms with Crippen molar-refractivity contribution in [2.24, 2.45) is 0 Å². The van der Waals surface area contributed by atoms with Gasteiger partial charge in [0.1, 0.15) is 17.3 Å². The maximum atomic E-state index is 12.0. The van der Waals surface area contributed by atoms with E-state index >= 15 is 0 Å². The lowest BCUT2D eigenvalue weighted by molar-refractivity contribution is -0.274. The van der Waals surface area contributed by atoms with Gasteiger partial charge in [0, 0.05) is 0 Å². The molecule has 3 N–H and O–H groups in total. The van der Waals surface area contributed by atoms with Crippen LogP contribution in [0.15, 0.2) is 6.07 Å². The third-order valence-corrected chi connectivity index (χ3v) is 1.56. The first kappa shape index (κ1) is 12.6. The predicted molar refractivity (Wildman–Crippen MR) is 47.0 cm³/mol. The summed E-state index contributed by atoms with van der Waals surface area (Å²) in [4.78, 5) is 13.9. The molecule has 0 unspecified atom stereocenters. The second-order valence-corrected chi connectivity index (χ2v) is 2.73. The number of anilines is 1. The summed E-state index contributed by atoms with van der Waals surface area (Å²) in [7, 11) is 0. The Hall–Kier alpha value is -2.50. The van der Waals surface area contributed by atoms with Crippen LogP contribution in [0.4, 0.5) is 19.0 Å². The molecule has 0 spiro atoms. The first-order chi connectivity index (χ1) is 7.74. The minimum atomic E-state index is -5.10. The molecule has 1 aromatic rings. The molecule has 1 heterocycles. The highest BCUT2D eigenvalue weighted by molar-refractivity contribution is 5.93. The summed E-state index contributed by atoms with van der Waals surface area (Å²) >= 11 is 0. The Kier molecular flexibility index (Phi) is 3.08. The number of hydrogen-bond donors (Lipinski definition) is 2. The first-order valence-electron chi connectivity index (χ1n) is 3.94. The van der Waals surface area contributed by atoms with Crippen LogP contribution in [0.3, 0.4) is 0 Å². The molecule has 1 aromatic heterocycles. The number of aromatic nitrogens is 1. The fourth-order valence-corrected chi connectivity index (χ4v) is 0.992. The van der Waals surface area contributed by atoms with Crippen molar-refractivity contribution in [1.82, 2.24) is 4.98 Å². The van der Waals surface area contributed by atoms with E-state index in [1.165, 1.54) is 6.07 Å². The van der Waals surface area contributed by atoms with Crippen LogP contribution in [0.2, 0.25) is 0 Å². The summed E-state index contributed by atoms with van der Waals surface area (Å²) in [6.07, 6.45) is -5.10. The number of carbonyl (C=O) groups is 1. The van der Waals surface area contributed by atoms with E-state index in [-0.39, 0.29) is 0 Å². The number of ether oxygens (including phenoxy) is 1. The van der Waals surface area contributed by atoms with Crippen molar-refractivity contribution in [3.8, 4) is 11.8 Å². The molecule has 0 bridgehead atoms. The maximum Gasteiger partial charge on any atom is 0.573 e. The number of nitrogens with two attached hydrogens (primary N) is 1. The minimum absolute atomic E-state index is 0.422. The van der Waals surface area contributed by atoms with Gasteiger partial charge in [-0.1, -0.05) is 0 Å². The van der Waals surface area contributed by atoms with Gasteiger partial charge in [-0.3, -0.25) is 0 Å². The monoisotopic (exact) mass is 247 g/mol. The molecule has 17 heavy (non-hydrogen) atoms. The van der Waals surface area contributed by atoms with E-state index in [1.54, 1.807) is 0 Å². The summed E-state index contributed by atoms with van der Waals surface area (Å²) in [6, 6.07) is 2.10. The van der Waals surface area contributed by atoms with Crippen molar-refractivity contribution in [3.63, 3.8) is 0 Å². The Balaban J connectivity index is 3.38. The lowest BCUT2D eigenvalue weighted by atomic mass is 10.2. The number of aromatic carboxylic acids is 1. The zero-order valence-corrected chi connectivity index (χ0v) is 7.95. The molecule has 9 heteroatoms. The Bertz CT molecular complexity index is 507. The van der Waals surface area contributed by atoms with Gasteiger partial charge < -0.3 is 15.6 Å². The van der Waals surface area contributed by atoms with E-state index in [0.717, 1.165) is 0 Å². The van der Waals surface area contributed by atoms with Crippen molar-refractivity contribution in [3.05, 3.63) is 17.3 Å². The average Bonchev–Trinajstić information content (AvgIpc) is 2.18. The van der Waals surface area contributed by atoms with Gasteiger partial charge in [0.15, 0.2) is 11.6 Å². The number of nitrogen functional groups attached to an aromatic ring is 1. The van der Waals surface area contributed by atoms with Gasteiger partial charge in [0.05, 0.1) is 0 Å². The second-order valence-electron chi connectivity index (χ2n) is 2.73. The highest BCUT2D eigenvalue weighted by Crippen LogP contribution is 2.31. The van der Waals surface area contributed by atoms with Crippen LogP contribution in [0, 0.1) is 11.3 Å². The van der Waals surface area contributed by atoms with E-state index in [2.05, 4.69) is 9.72 Å². The number of nitriles is 1. The smallest absolute Gasteiger partial charge is 0.478 e. The Labute approximate surface area is 92.0 Å². The number of pyridine rings is 1. The summed E-state index contributed by atoms with van der Waals surface area (Å²) in [5.74, 6) is -3.67. The van der Waals surface area contributed by atoms with E-state index in [0.29, 0.717) is 6.07 Å². The number of alkyl halides is 3. The number of rotatable bonds is 2. The molecule has 0 aliphatic rings. The highest BCUT2D eigenvalue weighted by Gasteiger charge is 2.34. The molecule has 6 nitrogen and oxygen atoms in total. The van der Waals surface area contributed by atoms with E-state index in [9.17, 15) is 18.0 Å². The number of carboxylic acid groups (broad SMARTS) is 1. The second kappa shape index (κ2) is 4.17. The summed E-state index contributed by atoms with van der Waals surface area (Å²) in [6.45, 7) is 0. The van der Waals surface area contributed by atoms with E-state index in [1.807, 2.05) is 0 Å². The normalized spacial score (nSPS) is 10.7. The molecule has 0 radical (unpaired) electrons. The molecule has 90 valence electrons. The first-order valence-corrected chi connectivity index (χ1v) is 3.94. The molecule has 0 atom stereocenters. The molecule has 0 aliphatic carbocycles. The van der Waals surface area contributed by atoms with E-state index in [4.69, 9.17) is 16.1 Å². The topological polar surface area (TPSA) is 109 Å². The van der Waals surface area contributed by atoms with E-state index < -0.39 is 35.2 Å².